The largest absolute Gasteiger partial charge is 0.444 e. The summed E-state index contributed by atoms with van der Waals surface area (Å²) in [4.78, 5) is 22.1. The van der Waals surface area contributed by atoms with E-state index >= 15 is 0 Å². The standard InChI is InChI=1S/C17H25N3O5S/c1-12-10-20(16(21)25-17(2,3)4)7-6-14(12)13-8-18-15(19-9-13)11-24-26(5,22)23/h6,8-9,12H,7,10-11H2,1-5H3. The van der Waals surface area contributed by atoms with Crippen molar-refractivity contribution in [3.63, 3.8) is 0 Å². The number of carbonyl (C=O) groups excluding carboxylic acids is 1. The number of nitrogens with zero attached hydrogens (tertiary/aromatic N) is 3. The van der Waals surface area contributed by atoms with Crippen molar-refractivity contribution in [3.05, 3.63) is 29.9 Å². The molecule has 8 nitrogen and oxygen atoms in total. The molecule has 1 atom stereocenters. The van der Waals surface area contributed by atoms with Gasteiger partial charge in [0, 0.05) is 31.0 Å². The fraction of sp³-hybridized carbons (Fsp3) is 0.588. The van der Waals surface area contributed by atoms with E-state index in [-0.39, 0.29) is 18.6 Å². The van der Waals surface area contributed by atoms with Crippen LogP contribution in [0.2, 0.25) is 0 Å². The van der Waals surface area contributed by atoms with Gasteiger partial charge in [-0.2, -0.15) is 8.42 Å². The molecular weight excluding hydrogens is 358 g/mol. The van der Waals surface area contributed by atoms with E-state index in [2.05, 4.69) is 14.2 Å². The van der Waals surface area contributed by atoms with Gasteiger partial charge >= 0.3 is 6.09 Å². The molecule has 0 bridgehead atoms. The number of ether oxygens (including phenoxy) is 1. The maximum absolute atomic E-state index is 12.2. The second-order valence-corrected chi connectivity index (χ2v) is 8.94. The SMILES string of the molecule is CC1CN(C(=O)OC(C)(C)C)CC=C1c1cnc(COS(C)(=O)=O)nc1. The third kappa shape index (κ3) is 6.06. The summed E-state index contributed by atoms with van der Waals surface area (Å²) in [6, 6.07) is 0. The van der Waals surface area contributed by atoms with E-state index in [4.69, 9.17) is 4.74 Å². The number of hydrogen-bond acceptors (Lipinski definition) is 7. The summed E-state index contributed by atoms with van der Waals surface area (Å²) < 4.78 is 32.1. The summed E-state index contributed by atoms with van der Waals surface area (Å²) in [5, 5.41) is 0. The van der Waals surface area contributed by atoms with Crippen LogP contribution in [0.1, 0.15) is 39.1 Å². The zero-order chi connectivity index (χ0) is 19.5. The lowest BCUT2D eigenvalue weighted by Gasteiger charge is -2.32. The molecule has 2 heterocycles. The Bertz CT molecular complexity index is 782. The van der Waals surface area contributed by atoms with Gasteiger partial charge in [-0.25, -0.2) is 14.8 Å². The van der Waals surface area contributed by atoms with Crippen molar-refractivity contribution in [2.24, 2.45) is 5.92 Å². The van der Waals surface area contributed by atoms with E-state index in [1.165, 1.54) is 0 Å². The fourth-order valence-electron chi connectivity index (χ4n) is 2.53. The second kappa shape index (κ2) is 7.71. The minimum absolute atomic E-state index is 0.0954. The fourth-order valence-corrected chi connectivity index (χ4v) is 2.85. The highest BCUT2D eigenvalue weighted by Crippen LogP contribution is 2.27. The monoisotopic (exact) mass is 383 g/mol. The highest BCUT2D eigenvalue weighted by molar-refractivity contribution is 7.85. The predicted octanol–water partition coefficient (Wildman–Crippen LogP) is 2.22. The first kappa shape index (κ1) is 20.3. The number of amides is 1. The van der Waals surface area contributed by atoms with Crippen LogP contribution >= 0.6 is 0 Å². The third-order valence-corrected chi connectivity index (χ3v) is 4.20. The Morgan fingerprint density at radius 3 is 2.42 bits per heavy atom. The van der Waals surface area contributed by atoms with E-state index in [1.807, 2.05) is 33.8 Å². The van der Waals surface area contributed by atoms with Gasteiger partial charge in [0.05, 0.1) is 6.26 Å². The Balaban J connectivity index is 2.04. The third-order valence-electron chi connectivity index (χ3n) is 3.65. The van der Waals surface area contributed by atoms with Crippen molar-refractivity contribution >= 4 is 21.8 Å². The minimum Gasteiger partial charge on any atom is -0.444 e. The minimum atomic E-state index is -3.53. The topological polar surface area (TPSA) is 98.7 Å². The Kier molecular flexibility index (Phi) is 6.02. The van der Waals surface area contributed by atoms with Gasteiger partial charge in [-0.05, 0) is 32.3 Å². The second-order valence-electron chi connectivity index (χ2n) is 7.30. The zero-order valence-corrected chi connectivity index (χ0v) is 16.5. The summed E-state index contributed by atoms with van der Waals surface area (Å²) in [5.74, 6) is 0.386. The Hall–Kier alpha value is -2.00. The van der Waals surface area contributed by atoms with Crippen LogP contribution in [0.4, 0.5) is 4.79 Å². The lowest BCUT2D eigenvalue weighted by molar-refractivity contribution is 0.0251. The first-order valence-corrected chi connectivity index (χ1v) is 10.1. The molecule has 0 saturated heterocycles. The average Bonchev–Trinajstić information content (AvgIpc) is 2.51. The number of aromatic nitrogens is 2. The highest BCUT2D eigenvalue weighted by Gasteiger charge is 2.27. The van der Waals surface area contributed by atoms with Crippen molar-refractivity contribution in [2.45, 2.75) is 39.9 Å². The van der Waals surface area contributed by atoms with Crippen LogP contribution < -0.4 is 0 Å². The van der Waals surface area contributed by atoms with Gasteiger partial charge < -0.3 is 9.64 Å². The highest BCUT2D eigenvalue weighted by atomic mass is 32.2. The van der Waals surface area contributed by atoms with Crippen molar-refractivity contribution in [3.8, 4) is 0 Å². The molecule has 26 heavy (non-hydrogen) atoms. The van der Waals surface area contributed by atoms with E-state index in [9.17, 15) is 13.2 Å². The number of carbonyl (C=O) groups is 1. The lowest BCUT2D eigenvalue weighted by Crippen LogP contribution is -2.41. The van der Waals surface area contributed by atoms with Gasteiger partial charge in [0.25, 0.3) is 10.1 Å². The average molecular weight is 383 g/mol. The molecule has 0 aromatic carbocycles. The summed E-state index contributed by atoms with van der Waals surface area (Å²) in [5.41, 5.74) is 1.35. The molecule has 1 aromatic rings. The van der Waals surface area contributed by atoms with Crippen LogP contribution in [-0.2, 0) is 25.6 Å². The first-order chi connectivity index (χ1) is 11.9. The van der Waals surface area contributed by atoms with E-state index in [0.29, 0.717) is 18.9 Å². The maximum Gasteiger partial charge on any atom is 0.410 e. The van der Waals surface area contributed by atoms with Crippen LogP contribution in [0, 0.1) is 5.92 Å². The normalized spacial score (nSPS) is 18.4. The van der Waals surface area contributed by atoms with Gasteiger partial charge in [-0.3, -0.25) is 4.18 Å². The molecule has 9 heteroatoms. The van der Waals surface area contributed by atoms with Gasteiger partial charge in [0.1, 0.15) is 12.2 Å². The van der Waals surface area contributed by atoms with E-state index in [1.54, 1.807) is 17.3 Å². The Morgan fingerprint density at radius 2 is 1.92 bits per heavy atom. The lowest BCUT2D eigenvalue weighted by atomic mass is 9.92. The molecule has 1 amide bonds. The quantitative estimate of drug-likeness (QED) is 0.735. The number of rotatable bonds is 4. The van der Waals surface area contributed by atoms with Crippen LogP contribution in [0.25, 0.3) is 5.57 Å². The molecule has 0 aliphatic carbocycles. The van der Waals surface area contributed by atoms with Crippen LogP contribution in [0.3, 0.4) is 0 Å². The van der Waals surface area contributed by atoms with Gasteiger partial charge in [-0.15, -0.1) is 0 Å². The molecule has 0 N–H and O–H groups in total. The predicted molar refractivity (Wildman–Crippen MR) is 96.6 cm³/mol. The number of hydrogen-bond donors (Lipinski definition) is 0. The van der Waals surface area contributed by atoms with Crippen molar-refractivity contribution < 1.29 is 22.1 Å². The molecular formula is C17H25N3O5S. The smallest absolute Gasteiger partial charge is 0.410 e. The molecule has 1 aliphatic rings. The Morgan fingerprint density at radius 1 is 1.31 bits per heavy atom. The van der Waals surface area contributed by atoms with Gasteiger partial charge in [-0.1, -0.05) is 13.0 Å². The molecule has 0 spiro atoms. The van der Waals surface area contributed by atoms with E-state index in [0.717, 1.165) is 17.4 Å². The summed E-state index contributed by atoms with van der Waals surface area (Å²) in [6.07, 6.45) is 5.89. The summed E-state index contributed by atoms with van der Waals surface area (Å²) in [7, 11) is -3.53. The van der Waals surface area contributed by atoms with Crippen LogP contribution in [-0.4, -0.2) is 54.3 Å². The van der Waals surface area contributed by atoms with Gasteiger partial charge in [0.2, 0.25) is 0 Å². The van der Waals surface area contributed by atoms with Crippen molar-refractivity contribution in [1.29, 1.82) is 0 Å². The maximum atomic E-state index is 12.2. The molecule has 0 radical (unpaired) electrons. The van der Waals surface area contributed by atoms with Gasteiger partial charge in [0.15, 0.2) is 5.82 Å². The Labute approximate surface area is 154 Å². The van der Waals surface area contributed by atoms with Crippen molar-refractivity contribution in [2.75, 3.05) is 19.3 Å². The first-order valence-electron chi connectivity index (χ1n) is 8.28. The van der Waals surface area contributed by atoms with Crippen molar-refractivity contribution in [1.82, 2.24) is 14.9 Å². The molecule has 1 unspecified atom stereocenters. The molecule has 144 valence electrons. The molecule has 2 rings (SSSR count). The summed E-state index contributed by atoms with van der Waals surface area (Å²) >= 11 is 0. The molecule has 0 fully saturated rings. The summed E-state index contributed by atoms with van der Waals surface area (Å²) in [6.45, 7) is 8.33. The van der Waals surface area contributed by atoms with Crippen LogP contribution in [0.15, 0.2) is 18.5 Å². The molecule has 0 saturated carbocycles. The zero-order valence-electron chi connectivity index (χ0n) is 15.7. The van der Waals surface area contributed by atoms with E-state index < -0.39 is 15.7 Å². The molecule has 1 aliphatic heterocycles. The van der Waals surface area contributed by atoms with Crippen LogP contribution in [0.5, 0.6) is 0 Å². The molecule has 1 aromatic heterocycles.